The minimum atomic E-state index is -1.16. The van der Waals surface area contributed by atoms with Crippen LogP contribution in [0.4, 0.5) is 0 Å². The lowest BCUT2D eigenvalue weighted by molar-refractivity contribution is -0.151. The summed E-state index contributed by atoms with van der Waals surface area (Å²) < 4.78 is 9.17. The van der Waals surface area contributed by atoms with Crippen LogP contribution in [-0.2, 0) is 28.7 Å². The number of nitrogens with one attached hydrogen (secondary N) is 1. The zero-order chi connectivity index (χ0) is 20.5. The van der Waals surface area contributed by atoms with E-state index in [0.29, 0.717) is 19.4 Å². The highest BCUT2D eigenvalue weighted by atomic mass is 16.5. The monoisotopic (exact) mass is 388 g/mol. The molecule has 1 aromatic rings. The summed E-state index contributed by atoms with van der Waals surface area (Å²) in [4.78, 5) is 50.0. The lowest BCUT2D eigenvalue weighted by atomic mass is 10.1. The first-order valence-electron chi connectivity index (χ1n) is 8.95. The van der Waals surface area contributed by atoms with Crippen molar-refractivity contribution in [1.82, 2.24) is 10.2 Å². The molecule has 0 unspecified atom stereocenters. The van der Waals surface area contributed by atoms with Crippen LogP contribution >= 0.6 is 0 Å². The Balaban J connectivity index is 2.04. The van der Waals surface area contributed by atoms with E-state index in [1.165, 1.54) is 25.2 Å². The highest BCUT2D eigenvalue weighted by Gasteiger charge is 2.35. The van der Waals surface area contributed by atoms with Gasteiger partial charge in [-0.3, -0.25) is 14.4 Å². The molecule has 2 atom stereocenters. The minimum Gasteiger partial charge on any atom is -0.469 e. The number of nitrogens with zero attached hydrogens (tertiary/aromatic N) is 1. The Morgan fingerprint density at radius 3 is 2.54 bits per heavy atom. The molecule has 1 aliphatic heterocycles. The van der Waals surface area contributed by atoms with Crippen LogP contribution in [0.1, 0.15) is 24.8 Å². The molecule has 0 spiro atoms. The number of likely N-dealkylation sites (tertiary alicyclic amines) is 1. The van der Waals surface area contributed by atoms with E-state index in [2.05, 4.69) is 14.8 Å². The molecule has 2 rings (SSSR count). The molecule has 8 heteroatoms. The predicted octanol–water partition coefficient (Wildman–Crippen LogP) is 0.912. The van der Waals surface area contributed by atoms with E-state index < -0.39 is 29.9 Å². The largest absolute Gasteiger partial charge is 0.469 e. The molecule has 8 nitrogen and oxygen atoms in total. The van der Waals surface area contributed by atoms with E-state index in [-0.39, 0.29) is 12.3 Å². The van der Waals surface area contributed by atoms with Crippen molar-refractivity contribution in [3.8, 4) is 0 Å². The summed E-state index contributed by atoms with van der Waals surface area (Å²) in [6, 6.07) is 7.47. The third-order valence-electron chi connectivity index (χ3n) is 4.46. The first-order chi connectivity index (χ1) is 13.5. The van der Waals surface area contributed by atoms with Crippen LogP contribution in [-0.4, -0.2) is 61.5 Å². The van der Waals surface area contributed by atoms with E-state index in [9.17, 15) is 19.2 Å². The highest BCUT2D eigenvalue weighted by Crippen LogP contribution is 2.19. The molecular weight excluding hydrogens is 364 g/mol. The van der Waals surface area contributed by atoms with Crippen molar-refractivity contribution in [3.05, 3.63) is 42.0 Å². The maximum Gasteiger partial charge on any atom is 0.328 e. The summed E-state index contributed by atoms with van der Waals surface area (Å²) in [5.41, 5.74) is 0.875. The summed E-state index contributed by atoms with van der Waals surface area (Å²) in [6.45, 7) is 0.440. The molecular formula is C20H24N2O6. The number of hydrogen-bond acceptors (Lipinski definition) is 6. The van der Waals surface area contributed by atoms with Crippen molar-refractivity contribution in [2.75, 3.05) is 20.8 Å². The Kier molecular flexibility index (Phi) is 7.74. The van der Waals surface area contributed by atoms with Gasteiger partial charge in [-0.2, -0.15) is 0 Å². The average molecular weight is 388 g/mol. The van der Waals surface area contributed by atoms with E-state index in [1.54, 1.807) is 6.08 Å². The van der Waals surface area contributed by atoms with E-state index >= 15 is 0 Å². The molecule has 1 N–H and O–H groups in total. The van der Waals surface area contributed by atoms with E-state index in [0.717, 1.165) is 5.56 Å². The second-order valence-corrected chi connectivity index (χ2v) is 6.30. The summed E-state index contributed by atoms with van der Waals surface area (Å²) in [5, 5.41) is 2.50. The molecule has 28 heavy (non-hydrogen) atoms. The van der Waals surface area contributed by atoms with Gasteiger partial charge in [0.25, 0.3) is 0 Å². The highest BCUT2D eigenvalue weighted by molar-refractivity contribution is 5.97. The molecule has 0 aliphatic carbocycles. The Morgan fingerprint density at radius 1 is 1.18 bits per heavy atom. The first-order valence-corrected chi connectivity index (χ1v) is 8.95. The molecule has 1 aliphatic rings. The van der Waals surface area contributed by atoms with Gasteiger partial charge in [0, 0.05) is 12.6 Å². The standard InChI is InChI=1S/C20H24N2O6/c1-27-18(24)13-15(20(26)28-2)21-19(25)16-9-6-12-22(16)17(23)11-10-14-7-4-3-5-8-14/h3-5,7-8,10-11,15-16H,6,9,12-13H2,1-2H3,(H,21,25)/b11-10+/t15-,16-/m0/s1. The molecule has 1 fully saturated rings. The third kappa shape index (κ3) is 5.67. The fourth-order valence-electron chi connectivity index (χ4n) is 2.98. The van der Waals surface area contributed by atoms with Crippen molar-refractivity contribution in [2.24, 2.45) is 0 Å². The number of ether oxygens (including phenoxy) is 2. The molecule has 0 saturated carbocycles. The van der Waals surface area contributed by atoms with Gasteiger partial charge in [-0.15, -0.1) is 0 Å². The zero-order valence-electron chi connectivity index (χ0n) is 15.9. The van der Waals surface area contributed by atoms with E-state index in [1.807, 2.05) is 30.3 Å². The SMILES string of the molecule is COC(=O)C[C@H](NC(=O)[C@@H]1CCCN1C(=O)/C=C/c1ccccc1)C(=O)OC. The fraction of sp³-hybridized carbons (Fsp3) is 0.400. The number of methoxy groups -OCH3 is 2. The van der Waals surface area contributed by atoms with Gasteiger partial charge in [-0.05, 0) is 24.5 Å². The maximum atomic E-state index is 12.6. The molecule has 0 bridgehead atoms. The van der Waals surface area contributed by atoms with Gasteiger partial charge in [-0.1, -0.05) is 30.3 Å². The van der Waals surface area contributed by atoms with Crippen LogP contribution in [0, 0.1) is 0 Å². The summed E-state index contributed by atoms with van der Waals surface area (Å²) in [7, 11) is 2.35. The molecule has 150 valence electrons. The first kappa shape index (κ1) is 21.1. The van der Waals surface area contributed by atoms with Gasteiger partial charge >= 0.3 is 11.9 Å². The number of benzene rings is 1. The molecule has 2 amide bonds. The van der Waals surface area contributed by atoms with E-state index in [4.69, 9.17) is 0 Å². The molecule has 1 heterocycles. The van der Waals surface area contributed by atoms with Crippen LogP contribution in [0.25, 0.3) is 6.08 Å². The van der Waals surface area contributed by atoms with Gasteiger partial charge < -0.3 is 19.7 Å². The lowest BCUT2D eigenvalue weighted by Crippen LogP contribution is -2.51. The number of hydrogen-bond donors (Lipinski definition) is 1. The molecule has 0 aromatic heterocycles. The van der Waals surface area contributed by atoms with Gasteiger partial charge in [0.05, 0.1) is 20.6 Å². The summed E-state index contributed by atoms with van der Waals surface area (Å²) in [5.74, 6) is -2.19. The molecule has 1 aromatic carbocycles. The third-order valence-corrected chi connectivity index (χ3v) is 4.46. The second kappa shape index (κ2) is 10.2. The normalized spacial score (nSPS) is 17.2. The number of carbonyl (C=O) groups excluding carboxylic acids is 4. The van der Waals surface area contributed by atoms with Gasteiger partial charge in [0.15, 0.2) is 0 Å². The van der Waals surface area contributed by atoms with Crippen LogP contribution < -0.4 is 5.32 Å². The second-order valence-electron chi connectivity index (χ2n) is 6.30. The Hall–Kier alpha value is -3.16. The summed E-state index contributed by atoms with van der Waals surface area (Å²) in [6.07, 6.45) is 3.91. The quantitative estimate of drug-likeness (QED) is 0.550. The smallest absolute Gasteiger partial charge is 0.328 e. The fourth-order valence-corrected chi connectivity index (χ4v) is 2.98. The average Bonchev–Trinajstić information content (AvgIpc) is 3.21. The number of carbonyl (C=O) groups is 4. The van der Waals surface area contributed by atoms with Crippen LogP contribution in [0.5, 0.6) is 0 Å². The van der Waals surface area contributed by atoms with Gasteiger partial charge in [0.2, 0.25) is 11.8 Å². The van der Waals surface area contributed by atoms with Crippen LogP contribution in [0.2, 0.25) is 0 Å². The number of amides is 2. The van der Waals surface area contributed by atoms with Crippen molar-refractivity contribution in [1.29, 1.82) is 0 Å². The maximum absolute atomic E-state index is 12.6. The minimum absolute atomic E-state index is 0.288. The van der Waals surface area contributed by atoms with Crippen molar-refractivity contribution >= 4 is 29.8 Å². The topological polar surface area (TPSA) is 102 Å². The zero-order valence-corrected chi connectivity index (χ0v) is 15.9. The van der Waals surface area contributed by atoms with Gasteiger partial charge in [-0.25, -0.2) is 4.79 Å². The lowest BCUT2D eigenvalue weighted by Gasteiger charge is -2.24. The van der Waals surface area contributed by atoms with Crippen LogP contribution in [0.15, 0.2) is 36.4 Å². The van der Waals surface area contributed by atoms with Crippen LogP contribution in [0.3, 0.4) is 0 Å². The number of esters is 2. The Bertz CT molecular complexity index is 746. The molecule has 0 radical (unpaired) electrons. The Morgan fingerprint density at radius 2 is 1.89 bits per heavy atom. The predicted molar refractivity (Wildman–Crippen MR) is 101 cm³/mol. The Labute approximate surface area is 163 Å². The van der Waals surface area contributed by atoms with Crippen molar-refractivity contribution in [3.63, 3.8) is 0 Å². The van der Waals surface area contributed by atoms with Gasteiger partial charge in [0.1, 0.15) is 12.1 Å². The number of rotatable bonds is 7. The molecule has 1 saturated heterocycles. The summed E-state index contributed by atoms with van der Waals surface area (Å²) >= 11 is 0. The van der Waals surface area contributed by atoms with Crippen molar-refractivity contribution in [2.45, 2.75) is 31.3 Å². The van der Waals surface area contributed by atoms with Crippen molar-refractivity contribution < 1.29 is 28.7 Å².